The van der Waals surface area contributed by atoms with Gasteiger partial charge in [-0.2, -0.15) is 0 Å². The van der Waals surface area contributed by atoms with Crippen LogP contribution in [-0.4, -0.2) is 44.0 Å². The summed E-state index contributed by atoms with van der Waals surface area (Å²) in [4.78, 5) is 4.01. The molecule has 0 spiro atoms. The van der Waals surface area contributed by atoms with Gasteiger partial charge in [0.05, 0.1) is 45.4 Å². The zero-order valence-electron chi connectivity index (χ0n) is 15.8. The Morgan fingerprint density at radius 3 is 1.81 bits per heavy atom. The summed E-state index contributed by atoms with van der Waals surface area (Å²) >= 11 is 0. The molecule has 150 valence electrons. The van der Waals surface area contributed by atoms with Crippen molar-refractivity contribution in [3.8, 4) is 5.75 Å². The normalized spacial score (nSPS) is 12.4. The van der Waals surface area contributed by atoms with Gasteiger partial charge in [0, 0.05) is 12.3 Å². The Morgan fingerprint density at radius 1 is 0.962 bits per heavy atom. The molecule has 0 atom stereocenters. The minimum absolute atomic E-state index is 0.0951. The number of nitrogens with zero attached hydrogens (tertiary/aromatic N) is 1. The molecule has 0 fully saturated rings. The van der Waals surface area contributed by atoms with Gasteiger partial charge in [-0.3, -0.25) is 14.1 Å². The minimum Gasteiger partial charge on any atom is -0.494 e. The van der Waals surface area contributed by atoms with Crippen LogP contribution in [0.5, 0.6) is 5.75 Å². The van der Waals surface area contributed by atoms with E-state index in [0.29, 0.717) is 11.4 Å². The van der Waals surface area contributed by atoms with Crippen LogP contribution in [0.25, 0.3) is 0 Å². The first kappa shape index (κ1) is 23.1. The van der Waals surface area contributed by atoms with Gasteiger partial charge >= 0.3 is 15.2 Å². The summed E-state index contributed by atoms with van der Waals surface area (Å²) in [6.07, 6.45) is 2.99. The summed E-state index contributed by atoms with van der Waals surface area (Å²) in [6, 6.07) is 1.61. The Balaban J connectivity index is 3.44. The SMILES string of the molecule is CCOP(=O)(OCC)C(Nc1cnccc1OC)P(=O)(OCC)OCC. The van der Waals surface area contributed by atoms with Gasteiger partial charge in [0.1, 0.15) is 5.75 Å². The second-order valence-corrected chi connectivity index (χ2v) is 9.48. The fourth-order valence-electron chi connectivity index (χ4n) is 2.22. The van der Waals surface area contributed by atoms with Crippen LogP contribution < -0.4 is 10.1 Å². The molecule has 9 nitrogen and oxygen atoms in total. The van der Waals surface area contributed by atoms with Crippen molar-refractivity contribution in [2.75, 3.05) is 38.9 Å². The van der Waals surface area contributed by atoms with Crippen LogP contribution in [0.15, 0.2) is 18.5 Å². The van der Waals surface area contributed by atoms with Crippen LogP contribution in [0.4, 0.5) is 5.69 Å². The summed E-state index contributed by atoms with van der Waals surface area (Å²) in [7, 11) is -6.35. The molecule has 0 unspecified atom stereocenters. The van der Waals surface area contributed by atoms with Gasteiger partial charge < -0.3 is 28.1 Å². The van der Waals surface area contributed by atoms with Gasteiger partial charge in [-0.15, -0.1) is 0 Å². The molecule has 0 bridgehead atoms. The average Bonchev–Trinajstić information content (AvgIpc) is 2.60. The summed E-state index contributed by atoms with van der Waals surface area (Å²) < 4.78 is 53.7. The molecule has 0 aliphatic rings. The lowest BCUT2D eigenvalue weighted by Crippen LogP contribution is -2.25. The number of hydrogen-bond acceptors (Lipinski definition) is 9. The van der Waals surface area contributed by atoms with Crippen LogP contribution in [0.1, 0.15) is 27.7 Å². The molecule has 1 aromatic rings. The van der Waals surface area contributed by atoms with E-state index in [4.69, 9.17) is 22.8 Å². The van der Waals surface area contributed by atoms with Crippen molar-refractivity contribution in [2.45, 2.75) is 33.2 Å². The lowest BCUT2D eigenvalue weighted by molar-refractivity contribution is 0.198. The van der Waals surface area contributed by atoms with Crippen LogP contribution in [0.2, 0.25) is 0 Å². The lowest BCUT2D eigenvalue weighted by atomic mass is 10.4. The molecule has 1 rings (SSSR count). The molecule has 26 heavy (non-hydrogen) atoms. The van der Waals surface area contributed by atoms with E-state index in [1.165, 1.54) is 19.5 Å². The fraction of sp³-hybridized carbons (Fsp3) is 0.667. The van der Waals surface area contributed by atoms with E-state index < -0.39 is 20.7 Å². The topological polar surface area (TPSA) is 105 Å². The Morgan fingerprint density at radius 2 is 1.42 bits per heavy atom. The summed E-state index contributed by atoms with van der Waals surface area (Å²) in [5, 5.41) is 2.91. The van der Waals surface area contributed by atoms with Crippen LogP contribution in [-0.2, 0) is 27.2 Å². The van der Waals surface area contributed by atoms with E-state index in [2.05, 4.69) is 10.3 Å². The van der Waals surface area contributed by atoms with Gasteiger partial charge in [0.2, 0.25) is 5.52 Å². The number of nitrogens with one attached hydrogen (secondary N) is 1. The van der Waals surface area contributed by atoms with Crippen molar-refractivity contribution in [1.82, 2.24) is 4.98 Å². The molecule has 0 saturated carbocycles. The quantitative estimate of drug-likeness (QED) is 0.476. The fourth-order valence-corrected chi connectivity index (χ4v) is 7.15. The Hall–Kier alpha value is -0.950. The molecular formula is C15H28N2O7P2. The molecule has 0 aliphatic carbocycles. The molecule has 0 radical (unpaired) electrons. The maximum atomic E-state index is 13.4. The summed E-state index contributed by atoms with van der Waals surface area (Å²) in [6.45, 7) is 7.05. The largest absolute Gasteiger partial charge is 0.494 e. The van der Waals surface area contributed by atoms with Crippen molar-refractivity contribution in [3.05, 3.63) is 18.5 Å². The van der Waals surface area contributed by atoms with E-state index >= 15 is 0 Å². The zero-order chi connectivity index (χ0) is 19.6. The maximum Gasteiger partial charge on any atom is 0.365 e. The second-order valence-electron chi connectivity index (χ2n) is 4.84. The standard InChI is InChI=1S/C15H28N2O7P2/c1-6-21-25(18,22-7-2)15(26(19,23-8-3)24-9-4)17-13-12-16-11-10-14(13)20-5/h10-12,15,17H,6-9H2,1-5H3. The first-order chi connectivity index (χ1) is 12.4. The monoisotopic (exact) mass is 410 g/mol. The van der Waals surface area contributed by atoms with Crippen molar-refractivity contribution >= 4 is 20.9 Å². The Labute approximate surface area is 154 Å². The highest BCUT2D eigenvalue weighted by molar-refractivity contribution is 7.72. The number of hydrogen-bond donors (Lipinski definition) is 1. The van der Waals surface area contributed by atoms with Gasteiger partial charge in [-0.25, -0.2) is 0 Å². The van der Waals surface area contributed by atoms with Crippen molar-refractivity contribution in [1.29, 1.82) is 0 Å². The Bertz CT molecular complexity index is 594. The highest BCUT2D eigenvalue weighted by Crippen LogP contribution is 2.70. The first-order valence-corrected chi connectivity index (χ1v) is 11.6. The van der Waals surface area contributed by atoms with E-state index in [1.807, 2.05) is 0 Å². The molecule has 1 heterocycles. The molecule has 0 aliphatic heterocycles. The van der Waals surface area contributed by atoms with Gasteiger partial charge in [-0.05, 0) is 27.7 Å². The van der Waals surface area contributed by atoms with Crippen molar-refractivity contribution < 1.29 is 32.0 Å². The number of rotatable bonds is 13. The predicted molar refractivity (Wildman–Crippen MR) is 99.9 cm³/mol. The molecule has 11 heteroatoms. The average molecular weight is 410 g/mol. The number of ether oxygens (including phenoxy) is 1. The second kappa shape index (κ2) is 11.0. The van der Waals surface area contributed by atoms with Gasteiger partial charge in [0.25, 0.3) is 0 Å². The highest BCUT2D eigenvalue weighted by atomic mass is 31.2. The predicted octanol–water partition coefficient (Wildman–Crippen LogP) is 4.32. The van der Waals surface area contributed by atoms with E-state index in [0.717, 1.165) is 0 Å². The highest BCUT2D eigenvalue weighted by Gasteiger charge is 2.51. The molecule has 0 saturated heterocycles. The van der Waals surface area contributed by atoms with Crippen LogP contribution in [0.3, 0.4) is 0 Å². The third kappa shape index (κ3) is 5.78. The Kier molecular flexibility index (Phi) is 9.79. The number of aromatic nitrogens is 1. The van der Waals surface area contributed by atoms with Gasteiger partial charge in [-0.1, -0.05) is 0 Å². The smallest absolute Gasteiger partial charge is 0.365 e. The third-order valence-corrected chi connectivity index (χ3v) is 8.75. The molecule has 1 N–H and O–H groups in total. The van der Waals surface area contributed by atoms with E-state index in [9.17, 15) is 9.13 Å². The van der Waals surface area contributed by atoms with Crippen molar-refractivity contribution in [3.63, 3.8) is 0 Å². The molecule has 0 aromatic carbocycles. The maximum absolute atomic E-state index is 13.4. The minimum atomic E-state index is -3.91. The van der Waals surface area contributed by atoms with E-state index in [1.54, 1.807) is 33.8 Å². The van der Waals surface area contributed by atoms with Crippen LogP contribution >= 0.6 is 15.2 Å². The van der Waals surface area contributed by atoms with Crippen molar-refractivity contribution in [2.24, 2.45) is 0 Å². The molecule has 0 amide bonds. The molecular weight excluding hydrogens is 382 g/mol. The third-order valence-electron chi connectivity index (χ3n) is 3.12. The zero-order valence-corrected chi connectivity index (χ0v) is 17.6. The number of anilines is 1. The summed E-state index contributed by atoms with van der Waals surface area (Å²) in [5.41, 5.74) is -1.02. The number of methoxy groups -OCH3 is 1. The van der Waals surface area contributed by atoms with Crippen LogP contribution in [0, 0.1) is 0 Å². The number of pyridine rings is 1. The van der Waals surface area contributed by atoms with E-state index in [-0.39, 0.29) is 26.4 Å². The lowest BCUT2D eigenvalue weighted by Gasteiger charge is -2.32. The van der Waals surface area contributed by atoms with Gasteiger partial charge in [0.15, 0.2) is 0 Å². The molecule has 1 aromatic heterocycles. The first-order valence-electron chi connectivity index (χ1n) is 8.42. The summed E-state index contributed by atoms with van der Waals surface area (Å²) in [5.74, 6) is 0.420.